The fraction of sp³-hybridized carbons (Fsp3) is 0. The molecule has 2 aromatic rings. The highest BCUT2D eigenvalue weighted by atomic mass is 35.5. The van der Waals surface area contributed by atoms with Crippen LogP contribution in [0.4, 0.5) is 5.13 Å². The molecule has 1 N–H and O–H groups in total. The van der Waals surface area contributed by atoms with E-state index in [0.717, 1.165) is 10.2 Å². The molecule has 17 heavy (non-hydrogen) atoms. The van der Waals surface area contributed by atoms with Gasteiger partial charge in [0.15, 0.2) is 0 Å². The van der Waals surface area contributed by atoms with Crippen molar-refractivity contribution in [1.82, 2.24) is 4.98 Å². The largest absolute Gasteiger partial charge is 0.251 e. The highest BCUT2D eigenvalue weighted by Crippen LogP contribution is 2.28. The lowest BCUT2D eigenvalue weighted by atomic mass is 10.3. The van der Waals surface area contributed by atoms with Gasteiger partial charge in [0.1, 0.15) is 12.1 Å². The van der Waals surface area contributed by atoms with Crippen molar-refractivity contribution in [3.8, 4) is 12.1 Å². The number of thiazole rings is 1. The molecule has 0 saturated carbocycles. The summed E-state index contributed by atoms with van der Waals surface area (Å²) in [4.78, 5) is 4.22. The maximum Gasteiger partial charge on any atom is 0.237 e. The number of anilines is 1. The minimum atomic E-state index is -0.248. The van der Waals surface area contributed by atoms with Crippen LogP contribution < -0.4 is 5.43 Å². The van der Waals surface area contributed by atoms with Gasteiger partial charge in [0.25, 0.3) is 0 Å². The average molecular weight is 262 g/mol. The van der Waals surface area contributed by atoms with Crippen molar-refractivity contribution in [2.75, 3.05) is 5.43 Å². The van der Waals surface area contributed by atoms with Crippen molar-refractivity contribution in [1.29, 1.82) is 10.5 Å². The number of fused-ring (bicyclic) bond motifs is 1. The smallest absolute Gasteiger partial charge is 0.237 e. The number of hydrazone groups is 1. The van der Waals surface area contributed by atoms with Gasteiger partial charge in [0, 0.05) is 5.02 Å². The first-order chi connectivity index (χ1) is 8.22. The maximum atomic E-state index is 8.50. The zero-order valence-electron chi connectivity index (χ0n) is 8.31. The Balaban J connectivity index is 2.30. The van der Waals surface area contributed by atoms with Crippen LogP contribution in [0.3, 0.4) is 0 Å². The van der Waals surface area contributed by atoms with Crippen molar-refractivity contribution in [2.24, 2.45) is 5.10 Å². The lowest BCUT2D eigenvalue weighted by Crippen LogP contribution is -1.95. The molecule has 7 heteroatoms. The molecule has 0 radical (unpaired) electrons. The Labute approximate surface area is 106 Å². The number of rotatable bonds is 2. The van der Waals surface area contributed by atoms with E-state index in [9.17, 15) is 0 Å². The van der Waals surface area contributed by atoms with Crippen molar-refractivity contribution in [3.63, 3.8) is 0 Å². The van der Waals surface area contributed by atoms with Crippen molar-refractivity contribution < 1.29 is 0 Å². The Morgan fingerprint density at radius 1 is 1.41 bits per heavy atom. The summed E-state index contributed by atoms with van der Waals surface area (Å²) in [5.74, 6) is 0. The van der Waals surface area contributed by atoms with Gasteiger partial charge in [0.05, 0.1) is 10.2 Å². The van der Waals surface area contributed by atoms with Gasteiger partial charge in [-0.15, -0.1) is 0 Å². The number of hydrogen-bond acceptors (Lipinski definition) is 6. The first kappa shape index (κ1) is 11.3. The molecule has 82 valence electrons. The first-order valence-corrected chi connectivity index (χ1v) is 5.62. The van der Waals surface area contributed by atoms with Crippen LogP contribution >= 0.6 is 22.9 Å². The van der Waals surface area contributed by atoms with E-state index < -0.39 is 0 Å². The molecule has 0 bridgehead atoms. The van der Waals surface area contributed by atoms with E-state index >= 15 is 0 Å². The topological polar surface area (TPSA) is 84.9 Å². The summed E-state index contributed by atoms with van der Waals surface area (Å²) in [6.07, 6.45) is 0. The van der Waals surface area contributed by atoms with Gasteiger partial charge in [-0.1, -0.05) is 22.9 Å². The highest BCUT2D eigenvalue weighted by molar-refractivity contribution is 7.22. The van der Waals surface area contributed by atoms with Crippen molar-refractivity contribution >= 4 is 44.0 Å². The van der Waals surface area contributed by atoms with E-state index in [2.05, 4.69) is 15.5 Å². The predicted molar refractivity (Wildman–Crippen MR) is 66.9 cm³/mol. The minimum Gasteiger partial charge on any atom is -0.251 e. The Morgan fingerprint density at radius 2 is 2.18 bits per heavy atom. The van der Waals surface area contributed by atoms with Crippen LogP contribution in [0.2, 0.25) is 5.02 Å². The molecule has 0 aliphatic carbocycles. The van der Waals surface area contributed by atoms with E-state index in [1.54, 1.807) is 30.3 Å². The summed E-state index contributed by atoms with van der Waals surface area (Å²) < 4.78 is 0.908. The van der Waals surface area contributed by atoms with Gasteiger partial charge < -0.3 is 0 Å². The van der Waals surface area contributed by atoms with Crippen LogP contribution in [0.5, 0.6) is 0 Å². The van der Waals surface area contributed by atoms with Gasteiger partial charge in [-0.25, -0.2) is 4.98 Å². The van der Waals surface area contributed by atoms with Gasteiger partial charge in [-0.05, 0) is 18.2 Å². The quantitative estimate of drug-likeness (QED) is 0.665. The molecular weight excluding hydrogens is 258 g/mol. The fourth-order valence-corrected chi connectivity index (χ4v) is 2.21. The molecule has 2 rings (SSSR count). The second-order valence-corrected chi connectivity index (χ2v) is 4.39. The molecule has 1 heterocycles. The molecule has 0 saturated heterocycles. The SMILES string of the molecule is N#CC(C#N)=NNc1nc2ccc(Cl)cc2s1. The molecule has 5 nitrogen and oxygen atoms in total. The second kappa shape index (κ2) is 4.79. The second-order valence-electron chi connectivity index (χ2n) is 2.93. The summed E-state index contributed by atoms with van der Waals surface area (Å²) in [5, 5.41) is 21.7. The number of nitriles is 2. The predicted octanol–water partition coefficient (Wildman–Crippen LogP) is 2.76. The molecule has 1 aromatic heterocycles. The number of hydrogen-bond donors (Lipinski definition) is 1. The molecule has 0 aliphatic heterocycles. The van der Waals surface area contributed by atoms with Gasteiger partial charge in [-0.2, -0.15) is 15.6 Å². The molecule has 1 aromatic carbocycles. The molecule has 0 amide bonds. The molecule has 0 fully saturated rings. The third kappa shape index (κ3) is 2.51. The standard InChI is InChI=1S/C10H4ClN5S/c11-6-1-2-8-9(3-6)17-10(14-8)16-15-7(4-12)5-13/h1-3H,(H,14,16). The molecule has 0 aliphatic rings. The zero-order valence-corrected chi connectivity index (χ0v) is 9.88. The normalized spacial score (nSPS) is 9.35. The van der Waals surface area contributed by atoms with E-state index in [1.807, 2.05) is 0 Å². The van der Waals surface area contributed by atoms with Gasteiger partial charge in [-0.3, -0.25) is 5.43 Å². The summed E-state index contributed by atoms with van der Waals surface area (Å²) in [6, 6.07) is 8.62. The molecule has 0 unspecified atom stereocenters. The summed E-state index contributed by atoms with van der Waals surface area (Å²) in [6.45, 7) is 0. The molecule has 0 spiro atoms. The van der Waals surface area contributed by atoms with Crippen molar-refractivity contribution in [2.45, 2.75) is 0 Å². The van der Waals surface area contributed by atoms with E-state index in [4.69, 9.17) is 22.1 Å². The zero-order chi connectivity index (χ0) is 12.3. The van der Waals surface area contributed by atoms with Crippen LogP contribution in [0, 0.1) is 22.7 Å². The number of nitrogens with one attached hydrogen (secondary N) is 1. The molecule has 0 atom stereocenters. The lowest BCUT2D eigenvalue weighted by molar-refractivity contribution is 1.30. The van der Waals surface area contributed by atoms with E-state index in [-0.39, 0.29) is 5.71 Å². The minimum absolute atomic E-state index is 0.248. The van der Waals surface area contributed by atoms with Crippen LogP contribution in [0.1, 0.15) is 0 Å². The monoisotopic (exact) mass is 261 g/mol. The number of halogens is 1. The Bertz CT molecular complexity index is 660. The number of aromatic nitrogens is 1. The Kier molecular flexibility index (Phi) is 3.20. The van der Waals surface area contributed by atoms with Crippen LogP contribution in [-0.4, -0.2) is 10.7 Å². The van der Waals surface area contributed by atoms with Gasteiger partial charge in [0.2, 0.25) is 10.8 Å². The van der Waals surface area contributed by atoms with Crippen LogP contribution in [0.15, 0.2) is 23.3 Å². The first-order valence-electron chi connectivity index (χ1n) is 4.43. The average Bonchev–Trinajstić information content (AvgIpc) is 2.72. The third-order valence-corrected chi connectivity index (χ3v) is 2.98. The number of benzene rings is 1. The summed E-state index contributed by atoms with van der Waals surface area (Å²) in [7, 11) is 0. The Hall–Kier alpha value is -2.15. The summed E-state index contributed by atoms with van der Waals surface area (Å²) in [5.41, 5.74) is 3.10. The van der Waals surface area contributed by atoms with E-state index in [1.165, 1.54) is 11.3 Å². The fourth-order valence-electron chi connectivity index (χ4n) is 1.12. The van der Waals surface area contributed by atoms with E-state index in [0.29, 0.717) is 10.2 Å². The van der Waals surface area contributed by atoms with Crippen LogP contribution in [-0.2, 0) is 0 Å². The lowest BCUT2D eigenvalue weighted by Gasteiger charge is -1.89. The summed E-state index contributed by atoms with van der Waals surface area (Å²) >= 11 is 7.19. The highest BCUT2D eigenvalue weighted by Gasteiger charge is 2.03. The molecular formula is C10H4ClN5S. The van der Waals surface area contributed by atoms with Crippen LogP contribution in [0.25, 0.3) is 10.2 Å². The van der Waals surface area contributed by atoms with Gasteiger partial charge >= 0.3 is 0 Å². The third-order valence-electron chi connectivity index (χ3n) is 1.83. The Morgan fingerprint density at radius 3 is 2.88 bits per heavy atom. The number of nitrogens with zero attached hydrogens (tertiary/aromatic N) is 4. The maximum absolute atomic E-state index is 8.50. The van der Waals surface area contributed by atoms with Crippen molar-refractivity contribution in [3.05, 3.63) is 23.2 Å².